The molecule has 0 saturated heterocycles. The molecule has 7 heteroatoms. The summed E-state index contributed by atoms with van der Waals surface area (Å²) in [5, 5.41) is 2.86. The average molecular weight is 392 g/mol. The molecule has 146 valence electrons. The number of para-hydroxylation sites is 1. The highest BCUT2D eigenvalue weighted by atomic mass is 32.2. The molecule has 2 aromatic rings. The Kier molecular flexibility index (Phi) is 7.36. The van der Waals surface area contributed by atoms with Crippen LogP contribution in [0.15, 0.2) is 54.6 Å². The van der Waals surface area contributed by atoms with Crippen LogP contribution in [0.4, 0.5) is 10.1 Å². The fourth-order valence-corrected chi connectivity index (χ4v) is 3.72. The van der Waals surface area contributed by atoms with Crippen molar-refractivity contribution in [3.63, 3.8) is 0 Å². The van der Waals surface area contributed by atoms with E-state index in [1.54, 1.807) is 6.07 Å². The molecular weight excluding hydrogens is 367 g/mol. The molecule has 0 aromatic heterocycles. The Bertz CT molecular complexity index is 857. The second-order valence-corrected chi connectivity index (χ2v) is 8.41. The first-order valence-corrected chi connectivity index (χ1v) is 10.7. The van der Waals surface area contributed by atoms with Gasteiger partial charge in [0.25, 0.3) is 0 Å². The van der Waals surface area contributed by atoms with Crippen LogP contribution in [0.2, 0.25) is 0 Å². The van der Waals surface area contributed by atoms with Crippen LogP contribution in [0.1, 0.15) is 31.2 Å². The minimum atomic E-state index is -3.64. The number of carbonyl (C=O) groups is 1. The summed E-state index contributed by atoms with van der Waals surface area (Å²) in [7, 11) is -3.64. The second-order valence-electron chi connectivity index (χ2n) is 6.51. The van der Waals surface area contributed by atoms with Crippen molar-refractivity contribution in [1.82, 2.24) is 5.32 Å². The van der Waals surface area contributed by atoms with Gasteiger partial charge in [0, 0.05) is 19.5 Å². The molecule has 1 amide bonds. The molecular formula is C20H25FN2O3S. The Morgan fingerprint density at radius 1 is 1.11 bits per heavy atom. The van der Waals surface area contributed by atoms with Crippen molar-refractivity contribution in [3.8, 4) is 0 Å². The maximum atomic E-state index is 13.9. The van der Waals surface area contributed by atoms with Crippen molar-refractivity contribution < 1.29 is 17.6 Å². The van der Waals surface area contributed by atoms with Crippen molar-refractivity contribution in [2.24, 2.45) is 0 Å². The van der Waals surface area contributed by atoms with Gasteiger partial charge < -0.3 is 5.32 Å². The number of nitrogens with zero attached hydrogens (tertiary/aromatic N) is 1. The van der Waals surface area contributed by atoms with E-state index in [4.69, 9.17) is 0 Å². The lowest BCUT2D eigenvalue weighted by Gasteiger charge is -2.22. The molecule has 5 nitrogen and oxygen atoms in total. The van der Waals surface area contributed by atoms with E-state index in [1.165, 1.54) is 18.2 Å². The van der Waals surface area contributed by atoms with Gasteiger partial charge >= 0.3 is 0 Å². The lowest BCUT2D eigenvalue weighted by Crippen LogP contribution is -2.33. The van der Waals surface area contributed by atoms with Gasteiger partial charge in [-0.05, 0) is 30.0 Å². The number of carbonyl (C=O) groups excluding carboxylic acids is 1. The fourth-order valence-electron chi connectivity index (χ4n) is 2.76. The first-order valence-electron chi connectivity index (χ1n) is 8.83. The Hall–Kier alpha value is -2.41. The molecule has 27 heavy (non-hydrogen) atoms. The zero-order valence-corrected chi connectivity index (χ0v) is 16.4. The number of amides is 1. The largest absolute Gasteiger partial charge is 0.356 e. The summed E-state index contributed by atoms with van der Waals surface area (Å²) in [6.07, 6.45) is 1.50. The van der Waals surface area contributed by atoms with Crippen molar-refractivity contribution >= 4 is 21.6 Å². The smallest absolute Gasteiger partial charge is 0.232 e. The van der Waals surface area contributed by atoms with Gasteiger partial charge in [0.1, 0.15) is 5.82 Å². The predicted octanol–water partition coefficient (Wildman–Crippen LogP) is 3.29. The lowest BCUT2D eigenvalue weighted by molar-refractivity contribution is -0.121. The van der Waals surface area contributed by atoms with E-state index in [0.29, 0.717) is 13.0 Å². The SMILES string of the molecule is CC(CNC(=O)CCCN(c1ccccc1F)S(C)(=O)=O)c1ccccc1. The third-order valence-corrected chi connectivity index (χ3v) is 5.44. The zero-order valence-electron chi connectivity index (χ0n) is 15.6. The van der Waals surface area contributed by atoms with Gasteiger partial charge in [-0.15, -0.1) is 0 Å². The van der Waals surface area contributed by atoms with Gasteiger partial charge in [0.05, 0.1) is 11.9 Å². The van der Waals surface area contributed by atoms with E-state index in [0.717, 1.165) is 16.1 Å². The molecule has 0 saturated carbocycles. The summed E-state index contributed by atoms with van der Waals surface area (Å²) >= 11 is 0. The Morgan fingerprint density at radius 2 is 1.74 bits per heavy atom. The van der Waals surface area contributed by atoms with Crippen LogP contribution in [0.25, 0.3) is 0 Å². The number of hydrogen-bond donors (Lipinski definition) is 1. The summed E-state index contributed by atoms with van der Waals surface area (Å²) in [4.78, 5) is 12.1. The predicted molar refractivity (Wildman–Crippen MR) is 106 cm³/mol. The third-order valence-electron chi connectivity index (χ3n) is 4.26. The van der Waals surface area contributed by atoms with Crippen LogP contribution in [0.3, 0.4) is 0 Å². The molecule has 0 bridgehead atoms. The molecule has 1 atom stereocenters. The normalized spacial score (nSPS) is 12.4. The molecule has 0 heterocycles. The van der Waals surface area contributed by atoms with Gasteiger partial charge in [-0.25, -0.2) is 12.8 Å². The van der Waals surface area contributed by atoms with Gasteiger partial charge in [0.15, 0.2) is 0 Å². The van der Waals surface area contributed by atoms with Crippen molar-refractivity contribution in [3.05, 3.63) is 66.0 Å². The number of halogens is 1. The molecule has 0 aliphatic heterocycles. The summed E-state index contributed by atoms with van der Waals surface area (Å²) in [6, 6.07) is 15.6. The summed E-state index contributed by atoms with van der Waals surface area (Å²) in [5.74, 6) is -0.579. The van der Waals surface area contributed by atoms with Crippen LogP contribution < -0.4 is 9.62 Å². The van der Waals surface area contributed by atoms with Crippen molar-refractivity contribution in [1.29, 1.82) is 0 Å². The van der Waals surface area contributed by atoms with E-state index >= 15 is 0 Å². The molecule has 0 aliphatic carbocycles. The quantitative estimate of drug-likeness (QED) is 0.712. The summed E-state index contributed by atoms with van der Waals surface area (Å²) in [5.41, 5.74) is 1.14. The summed E-state index contributed by atoms with van der Waals surface area (Å²) in [6.45, 7) is 2.58. The van der Waals surface area contributed by atoms with Gasteiger partial charge in [0.2, 0.25) is 15.9 Å². The molecule has 2 rings (SSSR count). The summed E-state index contributed by atoms with van der Waals surface area (Å²) < 4.78 is 38.9. The van der Waals surface area contributed by atoms with Crippen LogP contribution in [-0.2, 0) is 14.8 Å². The Morgan fingerprint density at radius 3 is 2.37 bits per heavy atom. The Balaban J connectivity index is 1.86. The monoisotopic (exact) mass is 392 g/mol. The highest BCUT2D eigenvalue weighted by Crippen LogP contribution is 2.21. The standard InChI is InChI=1S/C20H25FN2O3S/c1-16(17-9-4-3-5-10-17)15-22-20(24)13-8-14-23(27(2,25)26)19-12-7-6-11-18(19)21/h3-7,9-12,16H,8,13-15H2,1-2H3,(H,22,24). The van der Waals surface area contributed by atoms with Crippen molar-refractivity contribution in [2.75, 3.05) is 23.7 Å². The number of anilines is 1. The lowest BCUT2D eigenvalue weighted by atomic mass is 10.0. The van der Waals surface area contributed by atoms with E-state index in [1.807, 2.05) is 37.3 Å². The fraction of sp³-hybridized carbons (Fsp3) is 0.350. The number of sulfonamides is 1. The molecule has 0 aliphatic rings. The molecule has 0 fully saturated rings. The Labute approximate surface area is 160 Å². The minimum absolute atomic E-state index is 0.00175. The number of nitrogens with one attached hydrogen (secondary N) is 1. The number of hydrogen-bond acceptors (Lipinski definition) is 3. The molecule has 1 N–H and O–H groups in total. The average Bonchev–Trinajstić information content (AvgIpc) is 2.64. The highest BCUT2D eigenvalue weighted by Gasteiger charge is 2.20. The van der Waals surface area contributed by atoms with Gasteiger partial charge in [-0.1, -0.05) is 49.4 Å². The van der Waals surface area contributed by atoms with Crippen LogP contribution in [-0.4, -0.2) is 33.7 Å². The highest BCUT2D eigenvalue weighted by molar-refractivity contribution is 7.92. The second kappa shape index (κ2) is 9.50. The van der Waals surface area contributed by atoms with Crippen LogP contribution >= 0.6 is 0 Å². The van der Waals surface area contributed by atoms with Crippen LogP contribution in [0, 0.1) is 5.82 Å². The maximum absolute atomic E-state index is 13.9. The third kappa shape index (κ3) is 6.36. The molecule has 0 radical (unpaired) electrons. The van der Waals surface area contributed by atoms with Gasteiger partial charge in [-0.2, -0.15) is 0 Å². The number of benzene rings is 2. The number of rotatable bonds is 9. The molecule has 0 spiro atoms. The van der Waals surface area contributed by atoms with E-state index in [-0.39, 0.29) is 30.5 Å². The van der Waals surface area contributed by atoms with Crippen molar-refractivity contribution in [2.45, 2.75) is 25.7 Å². The molecule has 1 unspecified atom stereocenters. The van der Waals surface area contributed by atoms with E-state index < -0.39 is 15.8 Å². The van der Waals surface area contributed by atoms with E-state index in [2.05, 4.69) is 5.32 Å². The molecule has 2 aromatic carbocycles. The first kappa shape index (κ1) is 20.9. The zero-order chi connectivity index (χ0) is 19.9. The maximum Gasteiger partial charge on any atom is 0.232 e. The topological polar surface area (TPSA) is 66.5 Å². The van der Waals surface area contributed by atoms with Crippen LogP contribution in [0.5, 0.6) is 0 Å². The first-order chi connectivity index (χ1) is 12.8. The van der Waals surface area contributed by atoms with E-state index in [9.17, 15) is 17.6 Å². The van der Waals surface area contributed by atoms with Gasteiger partial charge in [-0.3, -0.25) is 9.10 Å². The minimum Gasteiger partial charge on any atom is -0.356 e.